The zero-order valence-electron chi connectivity index (χ0n) is 10.7. The van der Waals surface area contributed by atoms with Gasteiger partial charge in [-0.3, -0.25) is 19.6 Å². The van der Waals surface area contributed by atoms with Gasteiger partial charge in [0, 0.05) is 29.5 Å². The molecule has 19 heavy (non-hydrogen) atoms. The summed E-state index contributed by atoms with van der Waals surface area (Å²) >= 11 is 3.36. The number of carbonyl (C=O) groups is 1. The molecule has 0 saturated carbocycles. The van der Waals surface area contributed by atoms with Crippen LogP contribution >= 0.6 is 15.9 Å². The van der Waals surface area contributed by atoms with E-state index in [0.29, 0.717) is 5.56 Å². The maximum absolute atomic E-state index is 12.2. The van der Waals surface area contributed by atoms with E-state index in [-0.39, 0.29) is 16.8 Å². The summed E-state index contributed by atoms with van der Waals surface area (Å²) in [6, 6.07) is 0. The molecule has 0 fully saturated rings. The van der Waals surface area contributed by atoms with E-state index in [2.05, 4.69) is 30.7 Å². The molecule has 0 bridgehead atoms. The Morgan fingerprint density at radius 2 is 2.16 bits per heavy atom. The van der Waals surface area contributed by atoms with Gasteiger partial charge < -0.3 is 4.74 Å². The number of aryl methyl sites for hydroxylation is 1. The molecule has 0 radical (unpaired) electrons. The minimum atomic E-state index is -0.591. The molecule has 0 aliphatic rings. The van der Waals surface area contributed by atoms with Gasteiger partial charge in [0.05, 0.1) is 12.7 Å². The van der Waals surface area contributed by atoms with Gasteiger partial charge in [-0.2, -0.15) is 0 Å². The number of hydrogen-bond donors (Lipinski definition) is 1. The van der Waals surface area contributed by atoms with Gasteiger partial charge in [-0.15, -0.1) is 0 Å². The molecule has 0 saturated heterocycles. The number of esters is 1. The first-order valence-corrected chi connectivity index (χ1v) is 6.24. The van der Waals surface area contributed by atoms with E-state index in [4.69, 9.17) is 0 Å². The maximum atomic E-state index is 12.2. The summed E-state index contributed by atoms with van der Waals surface area (Å²) in [5, 5.41) is 2.70. The largest absolute Gasteiger partial charge is 0.464 e. The van der Waals surface area contributed by atoms with Crippen molar-refractivity contribution < 1.29 is 9.53 Å². The predicted octanol–water partition coefficient (Wildman–Crippen LogP) is 1.63. The Labute approximate surface area is 117 Å². The van der Waals surface area contributed by atoms with E-state index >= 15 is 0 Å². The Morgan fingerprint density at radius 3 is 2.79 bits per heavy atom. The summed E-state index contributed by atoms with van der Waals surface area (Å²) in [7, 11) is 2.81. The number of hydrogen-bond acceptors (Lipinski definition) is 4. The highest BCUT2D eigenvalue weighted by atomic mass is 79.9. The lowest BCUT2D eigenvalue weighted by Crippen LogP contribution is -2.13. The van der Waals surface area contributed by atoms with E-state index in [1.165, 1.54) is 11.8 Å². The number of nitrogens with one attached hydrogen (secondary N) is 1. The normalized spacial score (nSPS) is 10.5. The summed E-state index contributed by atoms with van der Waals surface area (Å²) in [5.41, 5.74) is 1.51. The third-order valence-electron chi connectivity index (χ3n) is 2.86. The number of nitrogens with zero attached hydrogens (tertiary/aromatic N) is 2. The van der Waals surface area contributed by atoms with Crippen molar-refractivity contribution in [1.29, 1.82) is 0 Å². The van der Waals surface area contributed by atoms with Gasteiger partial charge in [0.25, 0.3) is 5.56 Å². The lowest BCUT2D eigenvalue weighted by molar-refractivity contribution is 0.0594. The number of ether oxygens (including phenoxy) is 1. The lowest BCUT2D eigenvalue weighted by Gasteiger charge is -2.05. The quantitative estimate of drug-likeness (QED) is 0.851. The summed E-state index contributed by atoms with van der Waals surface area (Å²) in [6.07, 6.45) is 3.19. The topological polar surface area (TPSA) is 77.0 Å². The third-order valence-corrected chi connectivity index (χ3v) is 3.66. The molecule has 1 N–H and O–H groups in total. The van der Waals surface area contributed by atoms with E-state index < -0.39 is 5.97 Å². The highest BCUT2D eigenvalue weighted by Crippen LogP contribution is 2.27. The van der Waals surface area contributed by atoms with Crippen LogP contribution in [0.25, 0.3) is 11.1 Å². The number of H-pyrrole nitrogens is 1. The number of methoxy groups -OCH3 is 1. The van der Waals surface area contributed by atoms with Crippen molar-refractivity contribution in [1.82, 2.24) is 14.8 Å². The number of rotatable bonds is 2. The van der Waals surface area contributed by atoms with Crippen LogP contribution < -0.4 is 5.56 Å². The molecule has 6 nitrogen and oxygen atoms in total. The summed E-state index contributed by atoms with van der Waals surface area (Å²) in [5.74, 6) is -0.591. The molecular formula is C12H12BrN3O3. The van der Waals surface area contributed by atoms with Crippen molar-refractivity contribution in [3.05, 3.63) is 38.5 Å². The number of pyridine rings is 1. The van der Waals surface area contributed by atoms with Crippen LogP contribution in [0.3, 0.4) is 0 Å². The Balaban J connectivity index is 2.78. The molecular weight excluding hydrogens is 314 g/mol. The standard InChI is InChI=1S/C12H12BrN3O3/c1-6-7(4-14-5-8(6)13)9-10(12(18)19-3)15-16(2)11(9)17/h4-5,15H,1-3H3. The fraction of sp³-hybridized carbons (Fsp3) is 0.250. The van der Waals surface area contributed by atoms with E-state index in [1.807, 2.05) is 6.92 Å². The molecule has 0 aliphatic heterocycles. The van der Waals surface area contributed by atoms with Crippen LogP contribution in [0, 0.1) is 6.92 Å². The van der Waals surface area contributed by atoms with Gasteiger partial charge in [0.1, 0.15) is 0 Å². The smallest absolute Gasteiger partial charge is 0.356 e. The average molecular weight is 326 g/mol. The molecule has 2 rings (SSSR count). The van der Waals surface area contributed by atoms with Crippen molar-refractivity contribution in [2.75, 3.05) is 7.11 Å². The van der Waals surface area contributed by atoms with Gasteiger partial charge in [0.2, 0.25) is 0 Å². The van der Waals surface area contributed by atoms with Crippen LogP contribution in [0.4, 0.5) is 0 Å². The molecule has 0 spiro atoms. The first kappa shape index (κ1) is 13.5. The minimum Gasteiger partial charge on any atom is -0.464 e. The molecule has 2 aromatic heterocycles. The highest BCUT2D eigenvalue weighted by molar-refractivity contribution is 9.10. The van der Waals surface area contributed by atoms with Crippen LogP contribution in [0.15, 0.2) is 21.7 Å². The monoisotopic (exact) mass is 325 g/mol. The van der Waals surface area contributed by atoms with Crippen LogP contribution in [0.5, 0.6) is 0 Å². The zero-order valence-corrected chi connectivity index (χ0v) is 12.2. The fourth-order valence-corrected chi connectivity index (χ4v) is 2.13. The van der Waals surface area contributed by atoms with E-state index in [9.17, 15) is 9.59 Å². The van der Waals surface area contributed by atoms with E-state index in [1.54, 1.807) is 19.4 Å². The van der Waals surface area contributed by atoms with Crippen molar-refractivity contribution in [2.45, 2.75) is 6.92 Å². The van der Waals surface area contributed by atoms with E-state index in [0.717, 1.165) is 10.0 Å². The SMILES string of the molecule is COC(=O)c1[nH]n(C)c(=O)c1-c1cncc(Br)c1C. The Morgan fingerprint density at radius 1 is 1.47 bits per heavy atom. The van der Waals surface area contributed by atoms with Crippen LogP contribution in [0.2, 0.25) is 0 Å². The molecule has 100 valence electrons. The van der Waals surface area contributed by atoms with Crippen molar-refractivity contribution >= 4 is 21.9 Å². The average Bonchev–Trinajstić information content (AvgIpc) is 2.69. The van der Waals surface area contributed by atoms with Gasteiger partial charge in [0.15, 0.2) is 5.69 Å². The molecule has 0 atom stereocenters. The summed E-state index contributed by atoms with van der Waals surface area (Å²) in [6.45, 7) is 1.84. The van der Waals surface area contributed by atoms with Gasteiger partial charge in [-0.1, -0.05) is 0 Å². The molecule has 0 unspecified atom stereocenters. The van der Waals surface area contributed by atoms with Crippen molar-refractivity contribution in [3.63, 3.8) is 0 Å². The maximum Gasteiger partial charge on any atom is 0.356 e. The third kappa shape index (κ3) is 2.21. The summed E-state index contributed by atoms with van der Waals surface area (Å²) < 4.78 is 6.69. The number of aromatic nitrogens is 3. The molecule has 7 heteroatoms. The predicted molar refractivity (Wildman–Crippen MR) is 73.0 cm³/mol. The van der Waals surface area contributed by atoms with Gasteiger partial charge in [-0.25, -0.2) is 4.79 Å². The van der Waals surface area contributed by atoms with Crippen LogP contribution in [-0.4, -0.2) is 27.8 Å². The van der Waals surface area contributed by atoms with Crippen LogP contribution in [0.1, 0.15) is 16.1 Å². The van der Waals surface area contributed by atoms with Crippen molar-refractivity contribution in [2.24, 2.45) is 7.05 Å². The Hall–Kier alpha value is -1.89. The molecule has 2 aromatic rings. The molecule has 0 amide bonds. The second kappa shape index (κ2) is 5.00. The minimum absolute atomic E-state index is 0.123. The van der Waals surface area contributed by atoms with Crippen LogP contribution in [-0.2, 0) is 11.8 Å². The number of carbonyl (C=O) groups excluding carboxylic acids is 1. The second-order valence-corrected chi connectivity index (χ2v) is 4.87. The Bertz CT molecular complexity index is 703. The number of aromatic amines is 1. The van der Waals surface area contributed by atoms with Gasteiger partial charge in [-0.05, 0) is 28.4 Å². The summed E-state index contributed by atoms with van der Waals surface area (Å²) in [4.78, 5) is 27.9. The molecule has 0 aromatic carbocycles. The Kier molecular flexibility index (Phi) is 3.57. The molecule has 0 aliphatic carbocycles. The van der Waals surface area contributed by atoms with Crippen molar-refractivity contribution in [3.8, 4) is 11.1 Å². The highest BCUT2D eigenvalue weighted by Gasteiger charge is 2.23. The fourth-order valence-electron chi connectivity index (χ4n) is 1.80. The lowest BCUT2D eigenvalue weighted by atomic mass is 10.0. The first-order valence-electron chi connectivity index (χ1n) is 5.45. The zero-order chi connectivity index (χ0) is 14.2. The molecule has 2 heterocycles. The van der Waals surface area contributed by atoms with Gasteiger partial charge >= 0.3 is 5.97 Å². The first-order chi connectivity index (χ1) is 8.97. The number of halogens is 1. The second-order valence-electron chi connectivity index (χ2n) is 4.01.